The second-order valence-electron chi connectivity index (χ2n) is 4.78. The van der Waals surface area contributed by atoms with Gasteiger partial charge in [-0.05, 0) is 12.8 Å². The third kappa shape index (κ3) is 1.42. The van der Waals surface area contributed by atoms with Crippen molar-refractivity contribution in [3.63, 3.8) is 0 Å². The van der Waals surface area contributed by atoms with Gasteiger partial charge in [-0.15, -0.1) is 0 Å². The SMILES string of the molecule is CCC1C=CCc2c1c(O)c1ccccc1c2O. The van der Waals surface area contributed by atoms with Crippen LogP contribution in [0.15, 0.2) is 36.4 Å². The van der Waals surface area contributed by atoms with E-state index in [0.717, 1.165) is 28.3 Å². The Morgan fingerprint density at radius 2 is 1.78 bits per heavy atom. The molecule has 2 aromatic carbocycles. The van der Waals surface area contributed by atoms with Gasteiger partial charge >= 0.3 is 0 Å². The first-order chi connectivity index (χ1) is 8.74. The molecule has 1 aliphatic carbocycles. The summed E-state index contributed by atoms with van der Waals surface area (Å²) < 4.78 is 0. The quantitative estimate of drug-likeness (QED) is 0.587. The van der Waals surface area contributed by atoms with Gasteiger partial charge in [0.1, 0.15) is 11.5 Å². The van der Waals surface area contributed by atoms with Gasteiger partial charge in [0, 0.05) is 27.8 Å². The minimum atomic E-state index is 0.198. The molecule has 3 rings (SSSR count). The maximum atomic E-state index is 10.5. The van der Waals surface area contributed by atoms with E-state index >= 15 is 0 Å². The summed E-state index contributed by atoms with van der Waals surface area (Å²) in [5, 5.41) is 22.3. The minimum absolute atomic E-state index is 0.198. The lowest BCUT2D eigenvalue weighted by atomic mass is 9.83. The number of fused-ring (bicyclic) bond motifs is 2. The van der Waals surface area contributed by atoms with Gasteiger partial charge in [0.15, 0.2) is 0 Å². The predicted molar refractivity (Wildman–Crippen MR) is 73.2 cm³/mol. The molecule has 0 bridgehead atoms. The summed E-state index contributed by atoms with van der Waals surface area (Å²) in [6.07, 6.45) is 5.81. The van der Waals surface area contributed by atoms with Crippen molar-refractivity contribution in [1.29, 1.82) is 0 Å². The topological polar surface area (TPSA) is 40.5 Å². The van der Waals surface area contributed by atoms with E-state index in [1.807, 2.05) is 24.3 Å². The number of aromatic hydroxyl groups is 2. The van der Waals surface area contributed by atoms with E-state index in [2.05, 4.69) is 19.1 Å². The highest BCUT2D eigenvalue weighted by atomic mass is 16.3. The monoisotopic (exact) mass is 240 g/mol. The number of rotatable bonds is 1. The van der Waals surface area contributed by atoms with E-state index < -0.39 is 0 Å². The van der Waals surface area contributed by atoms with Gasteiger partial charge in [0.25, 0.3) is 0 Å². The van der Waals surface area contributed by atoms with Crippen LogP contribution in [0.5, 0.6) is 11.5 Å². The van der Waals surface area contributed by atoms with Crippen molar-refractivity contribution in [1.82, 2.24) is 0 Å². The Balaban J connectivity index is 2.41. The Morgan fingerprint density at radius 1 is 1.11 bits per heavy atom. The second kappa shape index (κ2) is 4.05. The van der Waals surface area contributed by atoms with Gasteiger partial charge in [-0.2, -0.15) is 0 Å². The molecule has 2 N–H and O–H groups in total. The van der Waals surface area contributed by atoms with E-state index in [0.29, 0.717) is 17.9 Å². The standard InChI is InChI=1S/C16H16O2/c1-2-10-6-5-9-13-14(10)16(18)12-8-4-3-7-11(12)15(13)17/h3-8,10,17-18H,2,9H2,1H3. The van der Waals surface area contributed by atoms with E-state index in [4.69, 9.17) is 0 Å². The number of benzene rings is 2. The highest BCUT2D eigenvalue weighted by Crippen LogP contribution is 2.45. The van der Waals surface area contributed by atoms with Crippen LogP contribution in [0.2, 0.25) is 0 Å². The first-order valence-electron chi connectivity index (χ1n) is 6.36. The van der Waals surface area contributed by atoms with E-state index in [1.165, 1.54) is 0 Å². The first-order valence-corrected chi connectivity index (χ1v) is 6.36. The average Bonchev–Trinajstić information content (AvgIpc) is 2.44. The number of allylic oxidation sites excluding steroid dienone is 2. The molecule has 1 atom stereocenters. The van der Waals surface area contributed by atoms with Crippen molar-refractivity contribution in [2.75, 3.05) is 0 Å². The van der Waals surface area contributed by atoms with Crippen LogP contribution < -0.4 is 0 Å². The summed E-state index contributed by atoms with van der Waals surface area (Å²) in [7, 11) is 0. The summed E-state index contributed by atoms with van der Waals surface area (Å²) in [5.41, 5.74) is 1.77. The Hall–Kier alpha value is -1.96. The molecule has 1 aliphatic rings. The Labute approximate surface area is 106 Å². The Morgan fingerprint density at radius 3 is 2.44 bits per heavy atom. The van der Waals surface area contributed by atoms with Crippen LogP contribution in [0, 0.1) is 0 Å². The molecule has 0 saturated heterocycles. The van der Waals surface area contributed by atoms with Crippen LogP contribution in [0.25, 0.3) is 10.8 Å². The van der Waals surface area contributed by atoms with Crippen LogP contribution in [0.3, 0.4) is 0 Å². The van der Waals surface area contributed by atoms with Crippen molar-refractivity contribution in [2.24, 2.45) is 0 Å². The van der Waals surface area contributed by atoms with Crippen molar-refractivity contribution in [2.45, 2.75) is 25.7 Å². The van der Waals surface area contributed by atoms with E-state index in [1.54, 1.807) is 0 Å². The molecule has 0 radical (unpaired) electrons. The molecule has 18 heavy (non-hydrogen) atoms. The fourth-order valence-electron chi connectivity index (χ4n) is 2.87. The molecular formula is C16H16O2. The number of phenolic OH excluding ortho intramolecular Hbond substituents is 2. The van der Waals surface area contributed by atoms with Crippen molar-refractivity contribution in [3.8, 4) is 11.5 Å². The third-order valence-corrected chi connectivity index (χ3v) is 3.80. The van der Waals surface area contributed by atoms with Crippen LogP contribution in [0.4, 0.5) is 0 Å². The fourth-order valence-corrected chi connectivity index (χ4v) is 2.87. The summed E-state index contributed by atoms with van der Waals surface area (Å²) in [5.74, 6) is 0.847. The molecular weight excluding hydrogens is 224 g/mol. The predicted octanol–water partition coefficient (Wildman–Crippen LogP) is 3.86. The third-order valence-electron chi connectivity index (χ3n) is 3.80. The van der Waals surface area contributed by atoms with Crippen molar-refractivity contribution in [3.05, 3.63) is 47.5 Å². The lowest BCUT2D eigenvalue weighted by molar-refractivity contribution is 0.454. The molecule has 0 heterocycles. The highest BCUT2D eigenvalue weighted by Gasteiger charge is 2.24. The molecule has 2 nitrogen and oxygen atoms in total. The molecule has 0 spiro atoms. The summed E-state index contributed by atoms with van der Waals surface area (Å²) >= 11 is 0. The number of phenols is 2. The fraction of sp³-hybridized carbons (Fsp3) is 0.250. The largest absolute Gasteiger partial charge is 0.507 e. The molecule has 2 aromatic rings. The number of hydrogen-bond acceptors (Lipinski definition) is 2. The molecule has 0 aromatic heterocycles. The molecule has 92 valence electrons. The van der Waals surface area contributed by atoms with E-state index in [-0.39, 0.29) is 5.92 Å². The zero-order chi connectivity index (χ0) is 12.7. The first kappa shape index (κ1) is 11.1. The zero-order valence-corrected chi connectivity index (χ0v) is 10.4. The Bertz CT molecular complexity index is 641. The summed E-state index contributed by atoms with van der Waals surface area (Å²) in [6, 6.07) is 7.47. The summed E-state index contributed by atoms with van der Waals surface area (Å²) in [6.45, 7) is 2.09. The van der Waals surface area contributed by atoms with Gasteiger partial charge in [-0.25, -0.2) is 0 Å². The van der Waals surface area contributed by atoms with Crippen molar-refractivity contribution >= 4 is 10.8 Å². The van der Waals surface area contributed by atoms with Crippen LogP contribution in [-0.2, 0) is 6.42 Å². The lowest BCUT2D eigenvalue weighted by Gasteiger charge is -2.23. The molecule has 0 fully saturated rings. The van der Waals surface area contributed by atoms with Gasteiger partial charge < -0.3 is 10.2 Å². The maximum absolute atomic E-state index is 10.5. The van der Waals surface area contributed by atoms with Crippen LogP contribution >= 0.6 is 0 Å². The van der Waals surface area contributed by atoms with Gasteiger partial charge in [-0.3, -0.25) is 0 Å². The minimum Gasteiger partial charge on any atom is -0.507 e. The molecule has 2 heteroatoms. The molecule has 0 saturated carbocycles. The summed E-state index contributed by atoms with van der Waals surface area (Å²) in [4.78, 5) is 0. The molecule has 0 aliphatic heterocycles. The van der Waals surface area contributed by atoms with Gasteiger partial charge in [0.05, 0.1) is 0 Å². The van der Waals surface area contributed by atoms with Gasteiger partial charge in [-0.1, -0.05) is 43.3 Å². The van der Waals surface area contributed by atoms with Crippen LogP contribution in [0.1, 0.15) is 30.4 Å². The smallest absolute Gasteiger partial charge is 0.127 e. The lowest BCUT2D eigenvalue weighted by Crippen LogP contribution is -2.05. The molecule has 0 amide bonds. The van der Waals surface area contributed by atoms with Crippen molar-refractivity contribution < 1.29 is 10.2 Å². The van der Waals surface area contributed by atoms with Crippen LogP contribution in [-0.4, -0.2) is 10.2 Å². The second-order valence-corrected chi connectivity index (χ2v) is 4.78. The van der Waals surface area contributed by atoms with E-state index in [9.17, 15) is 10.2 Å². The van der Waals surface area contributed by atoms with Gasteiger partial charge in [0.2, 0.25) is 0 Å². The highest BCUT2D eigenvalue weighted by molar-refractivity contribution is 5.96. The average molecular weight is 240 g/mol. The number of hydrogen-bond donors (Lipinski definition) is 2. The zero-order valence-electron chi connectivity index (χ0n) is 10.4. The normalized spacial score (nSPS) is 17.9. The Kier molecular flexibility index (Phi) is 2.51. The molecule has 1 unspecified atom stereocenters. The maximum Gasteiger partial charge on any atom is 0.127 e.